The normalized spacial score (nSPS) is 17.5. The van der Waals surface area contributed by atoms with Gasteiger partial charge in [0.15, 0.2) is 0 Å². The summed E-state index contributed by atoms with van der Waals surface area (Å²) in [7, 11) is 0. The minimum Gasteiger partial charge on any atom is -0.197 e. The monoisotopic (exact) mass is 237 g/mol. The van der Waals surface area contributed by atoms with Crippen LogP contribution in [-0.4, -0.2) is 0 Å². The van der Waals surface area contributed by atoms with Crippen molar-refractivity contribution in [3.05, 3.63) is 65.2 Å². The van der Waals surface area contributed by atoms with Gasteiger partial charge in [-0.3, -0.25) is 0 Å². The van der Waals surface area contributed by atoms with Crippen LogP contribution in [-0.2, 0) is 5.75 Å². The quantitative estimate of drug-likeness (QED) is 0.692. The Hall–Kier alpha value is -1.72. The van der Waals surface area contributed by atoms with Crippen molar-refractivity contribution in [2.45, 2.75) is 16.6 Å². The van der Waals surface area contributed by atoms with E-state index in [1.54, 1.807) is 0 Å². The van der Waals surface area contributed by atoms with Crippen LogP contribution in [0, 0.1) is 11.3 Å². The fourth-order valence-corrected chi connectivity index (χ4v) is 3.36. The van der Waals surface area contributed by atoms with Crippen LogP contribution in [0.5, 0.6) is 0 Å². The molecule has 2 aromatic carbocycles. The summed E-state index contributed by atoms with van der Waals surface area (Å²) in [5.41, 5.74) is 3.58. The van der Waals surface area contributed by atoms with E-state index in [-0.39, 0.29) is 5.92 Å². The molecule has 1 atom stereocenters. The Morgan fingerprint density at radius 2 is 1.71 bits per heavy atom. The van der Waals surface area contributed by atoms with Crippen LogP contribution in [0.4, 0.5) is 0 Å². The standard InChI is InChI=1S/C15H11NS/c16-9-14-12-6-2-1-5-11(12)10-17-15-8-4-3-7-13(14)15/h1-8,14H,10H2. The Morgan fingerprint density at radius 3 is 2.53 bits per heavy atom. The molecule has 0 N–H and O–H groups in total. The highest BCUT2D eigenvalue weighted by Gasteiger charge is 2.22. The number of benzene rings is 2. The lowest BCUT2D eigenvalue weighted by Gasteiger charge is -2.11. The molecule has 0 saturated heterocycles. The van der Waals surface area contributed by atoms with Crippen LogP contribution in [0.3, 0.4) is 0 Å². The summed E-state index contributed by atoms with van der Waals surface area (Å²) in [4.78, 5) is 1.23. The zero-order chi connectivity index (χ0) is 11.7. The summed E-state index contributed by atoms with van der Waals surface area (Å²) in [6, 6.07) is 18.9. The molecule has 0 aliphatic carbocycles. The third kappa shape index (κ3) is 1.73. The number of hydrogen-bond donors (Lipinski definition) is 0. The summed E-state index contributed by atoms with van der Waals surface area (Å²) in [6.07, 6.45) is 0. The van der Waals surface area contributed by atoms with Crippen molar-refractivity contribution in [1.82, 2.24) is 0 Å². The molecule has 1 heterocycles. The van der Waals surface area contributed by atoms with Crippen LogP contribution >= 0.6 is 11.8 Å². The van der Waals surface area contributed by atoms with Crippen LogP contribution in [0.1, 0.15) is 22.6 Å². The summed E-state index contributed by atoms with van der Waals surface area (Å²) >= 11 is 1.82. The molecule has 2 aromatic rings. The SMILES string of the molecule is N#CC1c2ccccc2CSc2ccccc21. The maximum atomic E-state index is 9.45. The van der Waals surface area contributed by atoms with Gasteiger partial charge in [0.2, 0.25) is 0 Å². The first-order chi connectivity index (χ1) is 8.40. The van der Waals surface area contributed by atoms with Crippen molar-refractivity contribution >= 4 is 11.8 Å². The fourth-order valence-electron chi connectivity index (χ4n) is 2.26. The average Bonchev–Trinajstić information content (AvgIpc) is 2.55. The third-order valence-electron chi connectivity index (χ3n) is 3.11. The first-order valence-corrected chi connectivity index (χ1v) is 6.58. The number of rotatable bonds is 0. The molecule has 17 heavy (non-hydrogen) atoms. The van der Waals surface area contributed by atoms with Crippen molar-refractivity contribution in [1.29, 1.82) is 5.26 Å². The van der Waals surface area contributed by atoms with Gasteiger partial charge in [-0.15, -0.1) is 11.8 Å². The van der Waals surface area contributed by atoms with Crippen molar-refractivity contribution in [2.75, 3.05) is 0 Å². The number of hydrogen-bond acceptors (Lipinski definition) is 2. The average molecular weight is 237 g/mol. The predicted octanol–water partition coefficient (Wildman–Crippen LogP) is 3.95. The molecule has 0 spiro atoms. The van der Waals surface area contributed by atoms with Gasteiger partial charge < -0.3 is 0 Å². The van der Waals surface area contributed by atoms with Crippen LogP contribution in [0.25, 0.3) is 0 Å². The van der Waals surface area contributed by atoms with E-state index in [2.05, 4.69) is 30.3 Å². The summed E-state index contributed by atoms with van der Waals surface area (Å²) in [5, 5.41) is 9.45. The topological polar surface area (TPSA) is 23.8 Å². The van der Waals surface area contributed by atoms with Crippen molar-refractivity contribution < 1.29 is 0 Å². The molecule has 3 rings (SSSR count). The van der Waals surface area contributed by atoms with Crippen molar-refractivity contribution in [3.8, 4) is 6.07 Å². The van der Waals surface area contributed by atoms with E-state index in [9.17, 15) is 5.26 Å². The van der Waals surface area contributed by atoms with E-state index in [0.29, 0.717) is 0 Å². The van der Waals surface area contributed by atoms with E-state index in [4.69, 9.17) is 0 Å². The van der Waals surface area contributed by atoms with E-state index in [0.717, 1.165) is 16.9 Å². The van der Waals surface area contributed by atoms with Gasteiger partial charge in [0, 0.05) is 10.6 Å². The Kier molecular flexibility index (Phi) is 2.62. The van der Waals surface area contributed by atoms with Crippen molar-refractivity contribution in [3.63, 3.8) is 0 Å². The summed E-state index contributed by atoms with van der Waals surface area (Å²) in [5.74, 6) is 0.822. The Balaban J connectivity index is 2.23. The van der Waals surface area contributed by atoms with Gasteiger partial charge >= 0.3 is 0 Å². The highest BCUT2D eigenvalue weighted by atomic mass is 32.2. The van der Waals surface area contributed by atoms with Gasteiger partial charge in [0.05, 0.1) is 12.0 Å². The number of nitrogens with zero attached hydrogens (tertiary/aromatic N) is 1. The second-order valence-electron chi connectivity index (χ2n) is 4.09. The molecule has 2 heteroatoms. The summed E-state index contributed by atoms with van der Waals surface area (Å²) in [6.45, 7) is 0. The molecule has 0 amide bonds. The van der Waals surface area contributed by atoms with Crippen LogP contribution in [0.15, 0.2) is 53.4 Å². The largest absolute Gasteiger partial charge is 0.197 e. The lowest BCUT2D eigenvalue weighted by molar-refractivity contribution is 0.993. The Bertz CT molecular complexity index is 550. The lowest BCUT2D eigenvalue weighted by Crippen LogP contribution is -2.00. The molecule has 0 aromatic heterocycles. The zero-order valence-electron chi connectivity index (χ0n) is 9.26. The Morgan fingerprint density at radius 1 is 1.00 bits per heavy atom. The predicted molar refractivity (Wildman–Crippen MR) is 69.9 cm³/mol. The zero-order valence-corrected chi connectivity index (χ0v) is 10.1. The molecule has 0 radical (unpaired) electrons. The van der Waals surface area contributed by atoms with Gasteiger partial charge in [-0.2, -0.15) is 5.26 Å². The molecule has 1 nitrogen and oxygen atoms in total. The smallest absolute Gasteiger partial charge is 0.0976 e. The van der Waals surface area contributed by atoms with Gasteiger partial charge in [0.1, 0.15) is 0 Å². The first-order valence-electron chi connectivity index (χ1n) is 5.59. The molecular formula is C15H11NS. The molecular weight excluding hydrogens is 226 g/mol. The molecule has 0 bridgehead atoms. The van der Waals surface area contributed by atoms with E-state index in [1.165, 1.54) is 10.5 Å². The Labute approximate surface area is 105 Å². The van der Waals surface area contributed by atoms with Gasteiger partial charge in [-0.25, -0.2) is 0 Å². The lowest BCUT2D eigenvalue weighted by atomic mass is 9.90. The first kappa shape index (κ1) is 10.4. The minimum absolute atomic E-state index is 0.127. The van der Waals surface area contributed by atoms with Crippen molar-refractivity contribution in [2.24, 2.45) is 0 Å². The van der Waals surface area contributed by atoms with Gasteiger partial charge in [-0.1, -0.05) is 42.5 Å². The van der Waals surface area contributed by atoms with Gasteiger partial charge in [-0.05, 0) is 22.8 Å². The third-order valence-corrected chi connectivity index (χ3v) is 4.25. The molecule has 1 unspecified atom stereocenters. The number of fused-ring (bicyclic) bond motifs is 2. The fraction of sp³-hybridized carbons (Fsp3) is 0.133. The van der Waals surface area contributed by atoms with Gasteiger partial charge in [0.25, 0.3) is 0 Å². The van der Waals surface area contributed by atoms with E-state index >= 15 is 0 Å². The second kappa shape index (κ2) is 4.27. The number of thioether (sulfide) groups is 1. The maximum Gasteiger partial charge on any atom is 0.0976 e. The van der Waals surface area contributed by atoms with Crippen LogP contribution in [0.2, 0.25) is 0 Å². The molecule has 1 aliphatic heterocycles. The molecule has 0 saturated carbocycles. The minimum atomic E-state index is -0.127. The maximum absolute atomic E-state index is 9.45. The molecule has 1 aliphatic rings. The van der Waals surface area contributed by atoms with E-state index in [1.807, 2.05) is 36.0 Å². The van der Waals surface area contributed by atoms with E-state index < -0.39 is 0 Å². The number of nitriles is 1. The summed E-state index contributed by atoms with van der Waals surface area (Å²) < 4.78 is 0. The van der Waals surface area contributed by atoms with Crippen LogP contribution < -0.4 is 0 Å². The molecule has 82 valence electrons. The second-order valence-corrected chi connectivity index (χ2v) is 5.10. The molecule has 0 fully saturated rings. The highest BCUT2D eigenvalue weighted by Crippen LogP contribution is 2.39. The highest BCUT2D eigenvalue weighted by molar-refractivity contribution is 7.98.